The minimum absolute atomic E-state index is 0.277. The van der Waals surface area contributed by atoms with Gasteiger partial charge in [0.2, 0.25) is 5.89 Å². The Morgan fingerprint density at radius 2 is 1.74 bits per heavy atom. The van der Waals surface area contributed by atoms with Crippen LogP contribution in [0.2, 0.25) is 0 Å². The molecule has 1 atom stereocenters. The van der Waals surface area contributed by atoms with Crippen LogP contribution in [0.3, 0.4) is 0 Å². The van der Waals surface area contributed by atoms with E-state index in [9.17, 15) is 4.79 Å². The molecule has 0 fully saturated rings. The summed E-state index contributed by atoms with van der Waals surface area (Å²) in [6.45, 7) is 10.3. The Morgan fingerprint density at radius 3 is 2.34 bits per heavy atom. The van der Waals surface area contributed by atoms with Gasteiger partial charge in [0.1, 0.15) is 17.1 Å². The number of aryl methyl sites for hydroxylation is 1. The van der Waals surface area contributed by atoms with Crippen molar-refractivity contribution in [3.8, 4) is 17.2 Å². The number of rotatable bonds is 11. The molecule has 3 rings (SSSR count). The Hall–Kier alpha value is -3.16. The molecule has 2 aromatic carbocycles. The Kier molecular flexibility index (Phi) is 8.70. The largest absolute Gasteiger partial charge is 0.493 e. The molecule has 7 heteroatoms. The number of hydrogen-bond donors (Lipinski definition) is 1. The standard InChI is InChI=1S/C28H36N2O5/c1-6-33-28(17-18-29,26(31)35-27(3,4)5)22-12-14-23(15-13-22)32-19-16-24-20(2)34-25(30-24)21-10-8-7-9-11-21/h7-15H,6,16-19,29H2,1-5H3. The summed E-state index contributed by atoms with van der Waals surface area (Å²) in [5.74, 6) is 1.63. The first-order valence-corrected chi connectivity index (χ1v) is 12.0. The van der Waals surface area contributed by atoms with Crippen molar-refractivity contribution in [2.75, 3.05) is 19.8 Å². The van der Waals surface area contributed by atoms with Crippen molar-refractivity contribution < 1.29 is 23.4 Å². The van der Waals surface area contributed by atoms with Crippen LogP contribution in [-0.4, -0.2) is 36.3 Å². The number of nitrogens with zero attached hydrogens (tertiary/aromatic N) is 1. The van der Waals surface area contributed by atoms with Crippen molar-refractivity contribution >= 4 is 5.97 Å². The molecule has 0 spiro atoms. The molecule has 0 bridgehead atoms. The van der Waals surface area contributed by atoms with Gasteiger partial charge in [0, 0.05) is 25.0 Å². The van der Waals surface area contributed by atoms with E-state index in [-0.39, 0.29) is 6.54 Å². The number of hydrogen-bond acceptors (Lipinski definition) is 7. The number of esters is 1. The highest BCUT2D eigenvalue weighted by molar-refractivity contribution is 5.82. The van der Waals surface area contributed by atoms with Crippen molar-refractivity contribution in [3.63, 3.8) is 0 Å². The molecule has 0 aliphatic heterocycles. The van der Waals surface area contributed by atoms with Crippen molar-refractivity contribution in [2.24, 2.45) is 5.73 Å². The molecule has 0 saturated carbocycles. The SMILES string of the molecule is CCOC(CCN)(C(=O)OC(C)(C)C)c1ccc(OCCc2nc(-c3ccccc3)oc2C)cc1. The Morgan fingerprint density at radius 1 is 1.06 bits per heavy atom. The summed E-state index contributed by atoms with van der Waals surface area (Å²) in [7, 11) is 0. The minimum Gasteiger partial charge on any atom is -0.493 e. The van der Waals surface area contributed by atoms with Gasteiger partial charge in [-0.05, 0) is 71.0 Å². The molecule has 3 aromatic rings. The second-order valence-electron chi connectivity index (χ2n) is 9.31. The number of ether oxygens (including phenoxy) is 3. The number of carbonyl (C=O) groups is 1. The smallest absolute Gasteiger partial charge is 0.343 e. The number of benzene rings is 2. The van der Waals surface area contributed by atoms with Gasteiger partial charge in [-0.15, -0.1) is 0 Å². The average molecular weight is 481 g/mol. The van der Waals surface area contributed by atoms with Crippen molar-refractivity contribution in [1.82, 2.24) is 4.98 Å². The van der Waals surface area contributed by atoms with Gasteiger partial charge in [-0.3, -0.25) is 0 Å². The third-order valence-electron chi connectivity index (χ3n) is 5.46. The van der Waals surface area contributed by atoms with Crippen LogP contribution < -0.4 is 10.5 Å². The molecule has 0 amide bonds. The first kappa shape index (κ1) is 26.4. The van der Waals surface area contributed by atoms with E-state index in [0.717, 1.165) is 17.0 Å². The number of carbonyl (C=O) groups excluding carboxylic acids is 1. The molecule has 7 nitrogen and oxygen atoms in total. The quantitative estimate of drug-likeness (QED) is 0.377. The van der Waals surface area contributed by atoms with E-state index in [1.54, 1.807) is 0 Å². The van der Waals surface area contributed by atoms with E-state index in [2.05, 4.69) is 4.98 Å². The highest BCUT2D eigenvalue weighted by Crippen LogP contribution is 2.34. The van der Waals surface area contributed by atoms with Gasteiger partial charge in [0.25, 0.3) is 0 Å². The molecular formula is C28H36N2O5. The Labute approximate surface area is 207 Å². The second-order valence-corrected chi connectivity index (χ2v) is 9.31. The first-order valence-electron chi connectivity index (χ1n) is 12.0. The normalized spacial score (nSPS) is 13.3. The average Bonchev–Trinajstić information content (AvgIpc) is 3.19. The van der Waals surface area contributed by atoms with Crippen LogP contribution >= 0.6 is 0 Å². The summed E-state index contributed by atoms with van der Waals surface area (Å²) < 4.78 is 23.4. The van der Waals surface area contributed by atoms with Gasteiger partial charge >= 0.3 is 5.97 Å². The van der Waals surface area contributed by atoms with Crippen LogP contribution in [0.4, 0.5) is 0 Å². The summed E-state index contributed by atoms with van der Waals surface area (Å²) >= 11 is 0. The van der Waals surface area contributed by atoms with E-state index in [0.29, 0.717) is 43.3 Å². The molecule has 2 N–H and O–H groups in total. The molecular weight excluding hydrogens is 444 g/mol. The minimum atomic E-state index is -1.26. The third-order valence-corrected chi connectivity index (χ3v) is 5.46. The first-order chi connectivity index (χ1) is 16.7. The third kappa shape index (κ3) is 6.71. The van der Waals surface area contributed by atoms with Crippen LogP contribution in [0, 0.1) is 6.92 Å². The van der Waals surface area contributed by atoms with Crippen LogP contribution in [-0.2, 0) is 26.3 Å². The predicted octanol–water partition coefficient (Wildman–Crippen LogP) is 5.19. The van der Waals surface area contributed by atoms with Crippen molar-refractivity contribution in [3.05, 3.63) is 71.6 Å². The lowest BCUT2D eigenvalue weighted by molar-refractivity contribution is -0.186. The van der Waals surface area contributed by atoms with E-state index < -0.39 is 17.2 Å². The van der Waals surface area contributed by atoms with Crippen LogP contribution in [0.25, 0.3) is 11.5 Å². The number of aromatic nitrogens is 1. The molecule has 1 heterocycles. The maximum atomic E-state index is 13.2. The Balaban J connectivity index is 1.69. The maximum absolute atomic E-state index is 13.2. The topological polar surface area (TPSA) is 96.8 Å². The van der Waals surface area contributed by atoms with Crippen LogP contribution in [0.1, 0.15) is 51.1 Å². The highest BCUT2D eigenvalue weighted by Gasteiger charge is 2.43. The van der Waals surface area contributed by atoms with Gasteiger partial charge in [-0.25, -0.2) is 9.78 Å². The summed E-state index contributed by atoms with van der Waals surface area (Å²) in [6, 6.07) is 17.1. The fourth-order valence-electron chi connectivity index (χ4n) is 3.84. The van der Waals surface area contributed by atoms with Gasteiger partial charge in [0.15, 0.2) is 5.60 Å². The van der Waals surface area contributed by atoms with Crippen LogP contribution in [0.15, 0.2) is 59.0 Å². The van der Waals surface area contributed by atoms with Gasteiger partial charge < -0.3 is 24.4 Å². The molecule has 0 saturated heterocycles. The summed E-state index contributed by atoms with van der Waals surface area (Å²) in [5, 5.41) is 0. The van der Waals surface area contributed by atoms with E-state index in [4.69, 9.17) is 24.4 Å². The van der Waals surface area contributed by atoms with Gasteiger partial charge in [0.05, 0.1) is 12.3 Å². The molecule has 0 aliphatic rings. The van der Waals surface area contributed by atoms with Crippen molar-refractivity contribution in [2.45, 2.75) is 58.7 Å². The monoisotopic (exact) mass is 480 g/mol. The van der Waals surface area contributed by atoms with Crippen molar-refractivity contribution in [1.29, 1.82) is 0 Å². The molecule has 188 valence electrons. The lowest BCUT2D eigenvalue weighted by Gasteiger charge is -2.34. The lowest BCUT2D eigenvalue weighted by atomic mass is 9.89. The Bertz CT molecular complexity index is 1080. The zero-order valence-corrected chi connectivity index (χ0v) is 21.3. The zero-order valence-electron chi connectivity index (χ0n) is 21.3. The summed E-state index contributed by atoms with van der Waals surface area (Å²) in [4.78, 5) is 17.8. The molecule has 1 aromatic heterocycles. The number of nitrogens with two attached hydrogens (primary N) is 1. The predicted molar refractivity (Wildman–Crippen MR) is 135 cm³/mol. The summed E-state index contributed by atoms with van der Waals surface area (Å²) in [5.41, 5.74) is 6.45. The zero-order chi connectivity index (χ0) is 25.5. The summed E-state index contributed by atoms with van der Waals surface area (Å²) in [6.07, 6.45) is 0.920. The number of oxazole rings is 1. The van der Waals surface area contributed by atoms with Gasteiger partial charge in [-0.2, -0.15) is 0 Å². The maximum Gasteiger partial charge on any atom is 0.343 e. The van der Waals surface area contributed by atoms with E-state index in [1.165, 1.54) is 0 Å². The molecule has 35 heavy (non-hydrogen) atoms. The molecule has 0 aliphatic carbocycles. The molecule has 0 radical (unpaired) electrons. The fraction of sp³-hybridized carbons (Fsp3) is 0.429. The van der Waals surface area contributed by atoms with E-state index in [1.807, 2.05) is 89.2 Å². The second kappa shape index (κ2) is 11.5. The van der Waals surface area contributed by atoms with E-state index >= 15 is 0 Å². The van der Waals surface area contributed by atoms with Crippen LogP contribution in [0.5, 0.6) is 5.75 Å². The van der Waals surface area contributed by atoms with Gasteiger partial charge in [-0.1, -0.05) is 30.3 Å². The fourth-order valence-corrected chi connectivity index (χ4v) is 3.84. The highest BCUT2D eigenvalue weighted by atomic mass is 16.6. The molecule has 1 unspecified atom stereocenters. The lowest BCUT2D eigenvalue weighted by Crippen LogP contribution is -2.45.